The maximum absolute atomic E-state index is 4.92. The fourth-order valence-electron chi connectivity index (χ4n) is 3.99. The molecule has 0 N–H and O–H groups in total. The summed E-state index contributed by atoms with van der Waals surface area (Å²) in [7, 11) is 0. The Morgan fingerprint density at radius 2 is 1.07 bits per heavy atom. The molecule has 0 saturated heterocycles. The molecule has 0 radical (unpaired) electrons. The molecule has 0 saturated carbocycles. The quantitative estimate of drug-likeness (QED) is 0.283. The predicted octanol–water partition coefficient (Wildman–Crippen LogP) is 7.11. The molecular formula is C27H21BrN2. The van der Waals surface area contributed by atoms with Gasteiger partial charge in [-0.1, -0.05) is 76.6 Å². The third-order valence-electron chi connectivity index (χ3n) is 5.56. The molecule has 2 aromatic heterocycles. The average Bonchev–Trinajstić information content (AvgIpc) is 2.79. The zero-order valence-electron chi connectivity index (χ0n) is 16.5. The van der Waals surface area contributed by atoms with Crippen molar-refractivity contribution in [2.24, 2.45) is 0 Å². The molecule has 0 aliphatic rings. The molecule has 0 amide bonds. The fourth-order valence-corrected chi connectivity index (χ4v) is 4.26. The number of nitrogens with zero attached hydrogens (tertiary/aromatic N) is 2. The minimum Gasteiger partial charge on any atom is -0.253 e. The molecule has 0 aliphatic heterocycles. The zero-order chi connectivity index (χ0) is 20.3. The lowest BCUT2D eigenvalue weighted by molar-refractivity contribution is 0.660. The van der Waals surface area contributed by atoms with E-state index >= 15 is 0 Å². The smallest absolute Gasteiger partial charge is 0.0705 e. The van der Waals surface area contributed by atoms with Crippen molar-refractivity contribution in [3.63, 3.8) is 0 Å². The summed E-state index contributed by atoms with van der Waals surface area (Å²) in [5.41, 5.74) is 5.63. The van der Waals surface area contributed by atoms with E-state index in [1.54, 1.807) is 0 Å². The van der Waals surface area contributed by atoms with E-state index < -0.39 is 0 Å². The maximum Gasteiger partial charge on any atom is 0.0705 e. The summed E-state index contributed by atoms with van der Waals surface area (Å²) in [5.74, 6) is 0.306. The number of pyridine rings is 2. The normalized spacial score (nSPS) is 11.4. The molecule has 0 bridgehead atoms. The van der Waals surface area contributed by atoms with Crippen LogP contribution in [0, 0.1) is 0 Å². The molecule has 0 fully saturated rings. The van der Waals surface area contributed by atoms with E-state index in [2.05, 4.69) is 101 Å². The zero-order valence-corrected chi connectivity index (χ0v) is 18.1. The van der Waals surface area contributed by atoms with E-state index in [0.29, 0.717) is 5.92 Å². The number of hydrogen-bond acceptors (Lipinski definition) is 2. The summed E-state index contributed by atoms with van der Waals surface area (Å²) in [5, 5.41) is 2.36. The Balaban J connectivity index is 1.49. The second-order valence-corrected chi connectivity index (χ2v) is 8.56. The summed E-state index contributed by atoms with van der Waals surface area (Å²) in [6.45, 7) is 0. The van der Waals surface area contributed by atoms with Crippen molar-refractivity contribution in [1.82, 2.24) is 9.97 Å². The van der Waals surface area contributed by atoms with Gasteiger partial charge < -0.3 is 0 Å². The molecule has 0 aliphatic carbocycles. The van der Waals surface area contributed by atoms with Gasteiger partial charge in [0.2, 0.25) is 0 Å². The van der Waals surface area contributed by atoms with E-state index in [1.165, 1.54) is 16.3 Å². The third-order valence-corrected chi connectivity index (χ3v) is 6.09. The molecule has 2 nitrogen and oxygen atoms in total. The molecule has 5 rings (SSSR count). The first kappa shape index (κ1) is 19.0. The van der Waals surface area contributed by atoms with Crippen molar-refractivity contribution in [3.8, 4) is 0 Å². The molecule has 5 aromatic rings. The standard InChI is InChI=1S/C27H21BrN2/c28-23-13-9-19(10-14-23)22(17-24-15-11-20-5-1-3-7-26(20)29-24)18-25-16-12-21-6-2-4-8-27(21)30-25/h1-16,22H,17-18H2. The van der Waals surface area contributed by atoms with Crippen LogP contribution >= 0.6 is 15.9 Å². The van der Waals surface area contributed by atoms with Gasteiger partial charge >= 0.3 is 0 Å². The lowest BCUT2D eigenvalue weighted by Gasteiger charge is -2.18. The van der Waals surface area contributed by atoms with Crippen LogP contribution in [0.3, 0.4) is 0 Å². The van der Waals surface area contributed by atoms with Gasteiger partial charge in [-0.15, -0.1) is 0 Å². The summed E-state index contributed by atoms with van der Waals surface area (Å²) < 4.78 is 1.10. The van der Waals surface area contributed by atoms with Crippen molar-refractivity contribution in [3.05, 3.63) is 118 Å². The molecule has 0 spiro atoms. The van der Waals surface area contributed by atoms with Crippen molar-refractivity contribution >= 4 is 37.7 Å². The van der Waals surface area contributed by atoms with Gasteiger partial charge in [-0.25, -0.2) is 0 Å². The van der Waals surface area contributed by atoms with Crippen molar-refractivity contribution in [2.45, 2.75) is 18.8 Å². The van der Waals surface area contributed by atoms with Gasteiger partial charge in [0.25, 0.3) is 0 Å². The van der Waals surface area contributed by atoms with E-state index in [4.69, 9.17) is 9.97 Å². The summed E-state index contributed by atoms with van der Waals surface area (Å²) in [4.78, 5) is 9.84. The monoisotopic (exact) mass is 452 g/mol. The SMILES string of the molecule is Brc1ccc(C(Cc2ccc3ccccc3n2)Cc2ccc3ccccc3n2)cc1. The first-order valence-corrected chi connectivity index (χ1v) is 11.0. The summed E-state index contributed by atoms with van der Waals surface area (Å²) in [6, 6.07) is 33.9. The maximum atomic E-state index is 4.92. The number of rotatable bonds is 5. The molecule has 3 aromatic carbocycles. The Morgan fingerprint density at radius 3 is 1.60 bits per heavy atom. The van der Waals surface area contributed by atoms with Crippen LogP contribution in [0.1, 0.15) is 22.9 Å². The van der Waals surface area contributed by atoms with E-state index in [-0.39, 0.29) is 0 Å². The highest BCUT2D eigenvalue weighted by atomic mass is 79.9. The van der Waals surface area contributed by atoms with Crippen molar-refractivity contribution in [1.29, 1.82) is 0 Å². The molecule has 146 valence electrons. The second-order valence-electron chi connectivity index (χ2n) is 7.65. The van der Waals surface area contributed by atoms with Gasteiger partial charge in [0, 0.05) is 26.6 Å². The predicted molar refractivity (Wildman–Crippen MR) is 128 cm³/mol. The van der Waals surface area contributed by atoms with Crippen LogP contribution in [0.4, 0.5) is 0 Å². The van der Waals surface area contributed by atoms with Crippen LogP contribution < -0.4 is 0 Å². The first-order valence-electron chi connectivity index (χ1n) is 10.2. The number of aromatic nitrogens is 2. The molecule has 2 heterocycles. The van der Waals surface area contributed by atoms with Crippen LogP contribution in [0.5, 0.6) is 0 Å². The number of fused-ring (bicyclic) bond motifs is 2. The van der Waals surface area contributed by atoms with E-state index in [9.17, 15) is 0 Å². The highest BCUT2D eigenvalue weighted by Gasteiger charge is 2.16. The third kappa shape index (κ3) is 4.12. The topological polar surface area (TPSA) is 25.8 Å². The van der Waals surface area contributed by atoms with Crippen molar-refractivity contribution in [2.75, 3.05) is 0 Å². The van der Waals surface area contributed by atoms with Gasteiger partial charge in [0.05, 0.1) is 11.0 Å². The van der Waals surface area contributed by atoms with Gasteiger partial charge in [-0.2, -0.15) is 0 Å². The Morgan fingerprint density at radius 1 is 0.567 bits per heavy atom. The highest BCUT2D eigenvalue weighted by molar-refractivity contribution is 9.10. The van der Waals surface area contributed by atoms with Crippen molar-refractivity contribution < 1.29 is 0 Å². The largest absolute Gasteiger partial charge is 0.253 e. The molecule has 30 heavy (non-hydrogen) atoms. The Labute approximate surface area is 184 Å². The molecule has 0 atom stereocenters. The van der Waals surface area contributed by atoms with Gasteiger partial charge in [0.15, 0.2) is 0 Å². The number of para-hydroxylation sites is 2. The minimum absolute atomic E-state index is 0.306. The molecule has 0 unspecified atom stereocenters. The second kappa shape index (κ2) is 8.37. The fraction of sp³-hybridized carbons (Fsp3) is 0.111. The number of hydrogen-bond donors (Lipinski definition) is 0. The minimum atomic E-state index is 0.306. The first-order chi connectivity index (χ1) is 14.7. The van der Waals surface area contributed by atoms with E-state index in [0.717, 1.165) is 39.7 Å². The van der Waals surface area contributed by atoms with Crippen LogP contribution in [0.25, 0.3) is 21.8 Å². The van der Waals surface area contributed by atoms with Crippen LogP contribution in [-0.4, -0.2) is 9.97 Å². The van der Waals surface area contributed by atoms with Crippen LogP contribution in [-0.2, 0) is 12.8 Å². The lowest BCUT2D eigenvalue weighted by atomic mass is 9.89. The molecule has 3 heteroatoms. The number of benzene rings is 3. The number of halogens is 1. The van der Waals surface area contributed by atoms with Gasteiger partial charge in [0.1, 0.15) is 0 Å². The van der Waals surface area contributed by atoms with Crippen LogP contribution in [0.15, 0.2) is 102 Å². The van der Waals surface area contributed by atoms with Gasteiger partial charge in [-0.05, 0) is 60.7 Å². The van der Waals surface area contributed by atoms with Crippen LogP contribution in [0.2, 0.25) is 0 Å². The van der Waals surface area contributed by atoms with E-state index in [1.807, 2.05) is 12.1 Å². The Hall–Kier alpha value is -3.04. The summed E-state index contributed by atoms with van der Waals surface area (Å²) in [6.07, 6.45) is 1.75. The Bertz CT molecular complexity index is 1230. The lowest BCUT2D eigenvalue weighted by Crippen LogP contribution is -2.09. The van der Waals surface area contributed by atoms with Gasteiger partial charge in [-0.3, -0.25) is 9.97 Å². The average molecular weight is 453 g/mol. The Kier molecular flexibility index (Phi) is 5.29. The summed E-state index contributed by atoms with van der Waals surface area (Å²) >= 11 is 3.56. The molecular weight excluding hydrogens is 432 g/mol. The highest BCUT2D eigenvalue weighted by Crippen LogP contribution is 2.27.